The zero-order valence-electron chi connectivity index (χ0n) is 12.8. The third-order valence-corrected chi connectivity index (χ3v) is 4.92. The molecule has 0 radical (unpaired) electrons. The molecule has 0 spiro atoms. The van der Waals surface area contributed by atoms with Crippen LogP contribution in [-0.4, -0.2) is 48.4 Å². The Kier molecular flexibility index (Phi) is 4.78. The van der Waals surface area contributed by atoms with Crippen LogP contribution in [0.5, 0.6) is 0 Å². The summed E-state index contributed by atoms with van der Waals surface area (Å²) in [5.41, 5.74) is 0. The third kappa shape index (κ3) is 4.19. The van der Waals surface area contributed by atoms with Crippen LogP contribution in [-0.2, 0) is 9.59 Å². The Morgan fingerprint density at radius 1 is 1.19 bits per heavy atom. The Hall–Kier alpha value is -1.10. The van der Waals surface area contributed by atoms with Gasteiger partial charge >= 0.3 is 0 Å². The average molecular weight is 293 g/mol. The van der Waals surface area contributed by atoms with E-state index in [1.54, 1.807) is 0 Å². The van der Waals surface area contributed by atoms with Crippen molar-refractivity contribution in [3.63, 3.8) is 0 Å². The van der Waals surface area contributed by atoms with Crippen molar-refractivity contribution in [3.8, 4) is 0 Å². The lowest BCUT2D eigenvalue weighted by Crippen LogP contribution is -2.57. The van der Waals surface area contributed by atoms with Crippen molar-refractivity contribution in [3.05, 3.63) is 0 Å². The van der Waals surface area contributed by atoms with Gasteiger partial charge in [0.25, 0.3) is 0 Å². The number of carbonyl (C=O) groups excluding carboxylic acids is 2. The van der Waals surface area contributed by atoms with E-state index in [1.165, 1.54) is 32.1 Å². The maximum atomic E-state index is 12.4. The quantitative estimate of drug-likeness (QED) is 0.796. The number of rotatable bonds is 5. The first kappa shape index (κ1) is 14.8. The Morgan fingerprint density at radius 3 is 2.67 bits per heavy atom. The van der Waals surface area contributed by atoms with E-state index < -0.39 is 0 Å². The lowest BCUT2D eigenvalue weighted by molar-refractivity contribution is -0.138. The summed E-state index contributed by atoms with van der Waals surface area (Å²) in [6.07, 6.45) is 8.67. The Morgan fingerprint density at radius 2 is 1.95 bits per heavy atom. The van der Waals surface area contributed by atoms with Crippen molar-refractivity contribution >= 4 is 11.8 Å². The summed E-state index contributed by atoms with van der Waals surface area (Å²) in [4.78, 5) is 26.5. The molecule has 2 saturated carbocycles. The molecule has 5 nitrogen and oxygen atoms in total. The fraction of sp³-hybridized carbons (Fsp3) is 0.875. The van der Waals surface area contributed by atoms with Crippen molar-refractivity contribution < 1.29 is 9.59 Å². The van der Waals surface area contributed by atoms with Crippen LogP contribution in [0.1, 0.15) is 51.4 Å². The minimum Gasteiger partial charge on any atom is -0.353 e. The van der Waals surface area contributed by atoms with Crippen molar-refractivity contribution in [2.24, 2.45) is 5.92 Å². The Bertz CT molecular complexity index is 389. The van der Waals surface area contributed by atoms with Crippen LogP contribution in [0.4, 0.5) is 0 Å². The van der Waals surface area contributed by atoms with Gasteiger partial charge in [-0.05, 0) is 31.6 Å². The van der Waals surface area contributed by atoms with Gasteiger partial charge in [-0.15, -0.1) is 0 Å². The number of piperazine rings is 1. The zero-order valence-corrected chi connectivity index (χ0v) is 12.8. The van der Waals surface area contributed by atoms with Crippen LogP contribution >= 0.6 is 0 Å². The molecule has 118 valence electrons. The number of hydrogen-bond acceptors (Lipinski definition) is 3. The van der Waals surface area contributed by atoms with Crippen molar-refractivity contribution in [1.82, 2.24) is 15.5 Å². The molecule has 0 aromatic carbocycles. The summed E-state index contributed by atoms with van der Waals surface area (Å²) in [7, 11) is 0. The minimum atomic E-state index is -0.318. The normalized spacial score (nSPS) is 27.7. The molecule has 0 aromatic heterocycles. The second kappa shape index (κ2) is 6.77. The van der Waals surface area contributed by atoms with Gasteiger partial charge < -0.3 is 15.5 Å². The van der Waals surface area contributed by atoms with Crippen molar-refractivity contribution in [1.29, 1.82) is 0 Å². The van der Waals surface area contributed by atoms with Crippen LogP contribution in [0.3, 0.4) is 0 Å². The number of carbonyl (C=O) groups is 2. The molecule has 5 heteroatoms. The number of amides is 2. The summed E-state index contributed by atoms with van der Waals surface area (Å²) < 4.78 is 0. The predicted octanol–water partition coefficient (Wildman–Crippen LogP) is 1.04. The van der Waals surface area contributed by atoms with Crippen LogP contribution in [0.25, 0.3) is 0 Å². The summed E-state index contributed by atoms with van der Waals surface area (Å²) in [5.74, 6) is 0.858. The molecule has 2 amide bonds. The molecule has 2 N–H and O–H groups in total. The van der Waals surface area contributed by atoms with Gasteiger partial charge in [0.05, 0.1) is 12.5 Å². The summed E-state index contributed by atoms with van der Waals surface area (Å²) in [6, 6.07) is 0.00796. The number of hydrogen-bond donors (Lipinski definition) is 2. The Balaban J connectivity index is 1.46. The highest BCUT2D eigenvalue weighted by atomic mass is 16.2. The third-order valence-electron chi connectivity index (χ3n) is 4.92. The molecular weight excluding hydrogens is 266 g/mol. The second-order valence-corrected chi connectivity index (χ2v) is 6.84. The van der Waals surface area contributed by atoms with Crippen molar-refractivity contribution in [2.75, 3.05) is 19.6 Å². The van der Waals surface area contributed by atoms with E-state index in [-0.39, 0.29) is 24.3 Å². The molecular formula is C16H27N3O2. The number of nitrogens with zero attached hydrogens (tertiary/aromatic N) is 1. The molecule has 2 aliphatic carbocycles. The van der Waals surface area contributed by atoms with E-state index in [1.807, 2.05) is 4.90 Å². The van der Waals surface area contributed by atoms with Crippen LogP contribution < -0.4 is 10.6 Å². The summed E-state index contributed by atoms with van der Waals surface area (Å²) in [6.45, 7) is 2.48. The molecule has 1 heterocycles. The monoisotopic (exact) mass is 293 g/mol. The summed E-state index contributed by atoms with van der Waals surface area (Å²) >= 11 is 0. The highest BCUT2D eigenvalue weighted by molar-refractivity contribution is 5.89. The molecule has 1 unspecified atom stereocenters. The maximum absolute atomic E-state index is 12.4. The van der Waals surface area contributed by atoms with Gasteiger partial charge in [0.1, 0.15) is 0 Å². The van der Waals surface area contributed by atoms with Gasteiger partial charge in [-0.3, -0.25) is 9.59 Å². The first-order valence-electron chi connectivity index (χ1n) is 8.54. The zero-order chi connectivity index (χ0) is 14.7. The highest BCUT2D eigenvalue weighted by Crippen LogP contribution is 2.30. The van der Waals surface area contributed by atoms with E-state index in [4.69, 9.17) is 0 Å². The SMILES string of the molecule is O=C(CC1NCCN(CC2CC2)C1=O)NC1CCCCC1. The molecule has 0 aromatic rings. The smallest absolute Gasteiger partial charge is 0.240 e. The van der Waals surface area contributed by atoms with Gasteiger partial charge in [0.2, 0.25) is 11.8 Å². The largest absolute Gasteiger partial charge is 0.353 e. The first-order valence-corrected chi connectivity index (χ1v) is 8.54. The van der Waals surface area contributed by atoms with E-state index >= 15 is 0 Å². The van der Waals surface area contributed by atoms with Crippen LogP contribution in [0.2, 0.25) is 0 Å². The topological polar surface area (TPSA) is 61.4 Å². The molecule has 1 atom stereocenters. The van der Waals surface area contributed by atoms with Gasteiger partial charge in [-0.25, -0.2) is 0 Å². The van der Waals surface area contributed by atoms with E-state index in [2.05, 4.69) is 10.6 Å². The molecule has 3 aliphatic rings. The second-order valence-electron chi connectivity index (χ2n) is 6.84. The fourth-order valence-electron chi connectivity index (χ4n) is 3.46. The van der Waals surface area contributed by atoms with Crippen molar-refractivity contribution in [2.45, 2.75) is 63.5 Å². The molecule has 21 heavy (non-hydrogen) atoms. The standard InChI is InChI=1S/C16H27N3O2/c20-15(18-13-4-2-1-3-5-13)10-14-16(21)19(9-8-17-14)11-12-6-7-12/h12-14,17H,1-11H2,(H,18,20). The molecule has 1 saturated heterocycles. The van der Waals surface area contributed by atoms with Crippen LogP contribution in [0, 0.1) is 5.92 Å². The van der Waals surface area contributed by atoms with E-state index in [0.717, 1.165) is 32.5 Å². The van der Waals surface area contributed by atoms with Gasteiger partial charge in [-0.2, -0.15) is 0 Å². The maximum Gasteiger partial charge on any atom is 0.240 e. The highest BCUT2D eigenvalue weighted by Gasteiger charge is 2.34. The van der Waals surface area contributed by atoms with Gasteiger partial charge in [0.15, 0.2) is 0 Å². The Labute approximate surface area is 126 Å². The fourth-order valence-corrected chi connectivity index (χ4v) is 3.46. The van der Waals surface area contributed by atoms with E-state index in [9.17, 15) is 9.59 Å². The minimum absolute atomic E-state index is 0.0287. The molecule has 0 bridgehead atoms. The molecule has 3 rings (SSSR count). The van der Waals surface area contributed by atoms with E-state index in [0.29, 0.717) is 12.0 Å². The average Bonchev–Trinajstić information content (AvgIpc) is 3.28. The van der Waals surface area contributed by atoms with Crippen LogP contribution in [0.15, 0.2) is 0 Å². The summed E-state index contributed by atoms with van der Waals surface area (Å²) in [5, 5.41) is 6.31. The lowest BCUT2D eigenvalue weighted by Gasteiger charge is -2.33. The predicted molar refractivity (Wildman–Crippen MR) is 80.7 cm³/mol. The molecule has 3 fully saturated rings. The number of nitrogens with one attached hydrogen (secondary N) is 2. The lowest BCUT2D eigenvalue weighted by atomic mass is 9.95. The van der Waals surface area contributed by atoms with Gasteiger partial charge in [0, 0.05) is 25.7 Å². The molecule has 1 aliphatic heterocycles. The first-order chi connectivity index (χ1) is 10.2. The van der Waals surface area contributed by atoms with Gasteiger partial charge in [-0.1, -0.05) is 19.3 Å².